The third-order valence-electron chi connectivity index (χ3n) is 0.879. The number of pyridine rings is 1. The van der Waals surface area contributed by atoms with Crippen molar-refractivity contribution in [3.8, 4) is 0 Å². The Kier molecular flexibility index (Phi) is 2.53. The quantitative estimate of drug-likeness (QED) is 0.731. The van der Waals surface area contributed by atoms with Crippen LogP contribution in [0.15, 0.2) is 27.8 Å². The molecule has 0 radical (unpaired) electrons. The van der Waals surface area contributed by atoms with E-state index in [4.69, 9.17) is 4.55 Å². The lowest BCUT2D eigenvalue weighted by atomic mass is 10.5. The highest BCUT2D eigenvalue weighted by Crippen LogP contribution is 2.08. The molecule has 0 fully saturated rings. The van der Waals surface area contributed by atoms with E-state index in [0.29, 0.717) is 0 Å². The van der Waals surface area contributed by atoms with Gasteiger partial charge in [0.05, 0.1) is 0 Å². The van der Waals surface area contributed by atoms with Crippen molar-refractivity contribution in [2.45, 2.75) is 5.03 Å². The zero-order valence-corrected chi connectivity index (χ0v) is 7.22. The summed E-state index contributed by atoms with van der Waals surface area (Å²) in [5.41, 5.74) is 0. The van der Waals surface area contributed by atoms with E-state index >= 15 is 0 Å². The minimum atomic E-state index is -1.97. The molecule has 1 unspecified atom stereocenters. The van der Waals surface area contributed by atoms with Gasteiger partial charge in [0.1, 0.15) is 0 Å². The summed E-state index contributed by atoms with van der Waals surface area (Å²) in [6.07, 6.45) is 1.48. The van der Waals surface area contributed by atoms with Gasteiger partial charge in [0.2, 0.25) is 11.1 Å². The average Bonchev–Trinajstić information content (AvgIpc) is 1.88. The second kappa shape index (κ2) is 3.23. The highest BCUT2D eigenvalue weighted by atomic mass is 79.9. The molecular weight excluding hydrogens is 218 g/mol. The molecule has 10 heavy (non-hydrogen) atoms. The summed E-state index contributed by atoms with van der Waals surface area (Å²) in [5, 5.41) is 0.170. The number of hydrogen-bond acceptors (Lipinski definition) is 2. The molecule has 1 N–H and O–H groups in total. The fraction of sp³-hybridized carbons (Fsp3) is 0. The van der Waals surface area contributed by atoms with Gasteiger partial charge in [0, 0.05) is 10.7 Å². The largest absolute Gasteiger partial charge is 0.301 e. The average molecular weight is 222 g/mol. The van der Waals surface area contributed by atoms with Crippen molar-refractivity contribution in [3.05, 3.63) is 22.8 Å². The van der Waals surface area contributed by atoms with Crippen LogP contribution in [0.4, 0.5) is 0 Å². The lowest BCUT2D eigenvalue weighted by Gasteiger charge is -1.91. The normalized spacial score (nSPS) is 13.0. The second-order valence-electron chi connectivity index (χ2n) is 1.56. The van der Waals surface area contributed by atoms with E-state index in [0.717, 1.165) is 4.47 Å². The van der Waals surface area contributed by atoms with Gasteiger partial charge < -0.3 is 4.55 Å². The van der Waals surface area contributed by atoms with Gasteiger partial charge in [0.15, 0.2) is 5.03 Å². The number of halogens is 1. The Balaban J connectivity index is 3.00. The van der Waals surface area contributed by atoms with Gasteiger partial charge >= 0.3 is 0 Å². The molecular formula is C5H4BrNO2S. The summed E-state index contributed by atoms with van der Waals surface area (Å²) in [7, 11) is 0. The van der Waals surface area contributed by atoms with Gasteiger partial charge in [-0.25, -0.2) is 9.19 Å². The molecule has 5 heteroatoms. The fourth-order valence-electron chi connectivity index (χ4n) is 0.466. The summed E-state index contributed by atoms with van der Waals surface area (Å²) in [4.78, 5) is 3.68. The molecule has 1 aromatic rings. The van der Waals surface area contributed by atoms with Gasteiger partial charge in [-0.2, -0.15) is 0 Å². The van der Waals surface area contributed by atoms with Crippen LogP contribution < -0.4 is 0 Å². The van der Waals surface area contributed by atoms with Gasteiger partial charge in [-0.15, -0.1) is 0 Å². The summed E-state index contributed by atoms with van der Waals surface area (Å²) < 4.78 is 19.6. The summed E-state index contributed by atoms with van der Waals surface area (Å²) in [5.74, 6) is 0. The third-order valence-corrected chi connectivity index (χ3v) is 1.95. The molecule has 0 saturated carbocycles. The molecule has 1 rings (SSSR count). The molecule has 0 amide bonds. The molecule has 1 atom stereocenters. The molecule has 0 saturated heterocycles. The first-order valence-electron chi connectivity index (χ1n) is 2.42. The van der Waals surface area contributed by atoms with Gasteiger partial charge in [0.25, 0.3) is 0 Å². The first-order chi connectivity index (χ1) is 4.70. The second-order valence-corrected chi connectivity index (χ2v) is 3.40. The van der Waals surface area contributed by atoms with Crippen LogP contribution in [0.2, 0.25) is 0 Å². The maximum atomic E-state index is 10.3. The van der Waals surface area contributed by atoms with Crippen LogP contribution in [0, 0.1) is 0 Å². The Morgan fingerprint density at radius 2 is 2.30 bits per heavy atom. The molecule has 1 heterocycles. The SMILES string of the molecule is O=S(O)c1ccc(Br)cn1. The fourth-order valence-corrected chi connectivity index (χ4v) is 1.03. The molecule has 0 bridgehead atoms. The highest BCUT2D eigenvalue weighted by molar-refractivity contribution is 9.10. The summed E-state index contributed by atoms with van der Waals surface area (Å²) >= 11 is 1.18. The van der Waals surface area contributed by atoms with Crippen molar-refractivity contribution in [3.63, 3.8) is 0 Å². The van der Waals surface area contributed by atoms with Crippen molar-refractivity contribution in [1.29, 1.82) is 0 Å². The van der Waals surface area contributed by atoms with Crippen LogP contribution in [0.3, 0.4) is 0 Å². The summed E-state index contributed by atoms with van der Waals surface area (Å²) in [6, 6.07) is 3.15. The first kappa shape index (κ1) is 7.84. The van der Waals surface area contributed by atoms with Crippen molar-refractivity contribution >= 4 is 27.0 Å². The summed E-state index contributed by atoms with van der Waals surface area (Å²) in [6.45, 7) is 0. The van der Waals surface area contributed by atoms with E-state index in [2.05, 4.69) is 20.9 Å². The lowest BCUT2D eigenvalue weighted by molar-refractivity contribution is 0.560. The topological polar surface area (TPSA) is 50.2 Å². The molecule has 54 valence electrons. The van der Waals surface area contributed by atoms with Crippen LogP contribution >= 0.6 is 15.9 Å². The standard InChI is InChI=1S/C5H4BrNO2S/c6-4-1-2-5(7-3-4)10(8)9/h1-3H,(H,8,9). The van der Waals surface area contributed by atoms with E-state index in [9.17, 15) is 4.21 Å². The molecule has 0 aliphatic rings. The van der Waals surface area contributed by atoms with E-state index in [1.165, 1.54) is 12.3 Å². The first-order valence-corrected chi connectivity index (χ1v) is 4.32. The number of rotatable bonds is 1. The van der Waals surface area contributed by atoms with Crippen LogP contribution in [-0.4, -0.2) is 13.7 Å². The molecule has 0 aliphatic carbocycles. The Morgan fingerprint density at radius 1 is 1.60 bits per heavy atom. The van der Waals surface area contributed by atoms with Crippen LogP contribution in [0.1, 0.15) is 0 Å². The van der Waals surface area contributed by atoms with Crippen molar-refractivity contribution < 1.29 is 8.76 Å². The smallest absolute Gasteiger partial charge is 0.205 e. The third kappa shape index (κ3) is 1.86. The minimum absolute atomic E-state index is 0.170. The van der Waals surface area contributed by atoms with E-state index in [-0.39, 0.29) is 5.03 Å². The van der Waals surface area contributed by atoms with Crippen LogP contribution in [0.5, 0.6) is 0 Å². The number of aromatic nitrogens is 1. The lowest BCUT2D eigenvalue weighted by Crippen LogP contribution is -1.90. The van der Waals surface area contributed by atoms with Crippen LogP contribution in [-0.2, 0) is 11.1 Å². The van der Waals surface area contributed by atoms with E-state index in [1.54, 1.807) is 6.07 Å². The predicted octanol–water partition coefficient (Wildman–Crippen LogP) is 1.42. The highest BCUT2D eigenvalue weighted by Gasteiger charge is 1.98. The Morgan fingerprint density at radius 3 is 2.70 bits per heavy atom. The molecule has 0 aromatic carbocycles. The monoisotopic (exact) mass is 221 g/mol. The maximum absolute atomic E-state index is 10.3. The molecule has 0 aliphatic heterocycles. The predicted molar refractivity (Wildman–Crippen MR) is 41.0 cm³/mol. The number of hydrogen-bond donors (Lipinski definition) is 1. The van der Waals surface area contributed by atoms with Gasteiger partial charge in [-0.3, -0.25) is 0 Å². The Bertz CT molecular complexity index is 248. The van der Waals surface area contributed by atoms with Crippen molar-refractivity contribution in [1.82, 2.24) is 4.98 Å². The Hall–Kier alpha value is -0.260. The van der Waals surface area contributed by atoms with Crippen LogP contribution in [0.25, 0.3) is 0 Å². The van der Waals surface area contributed by atoms with Crippen molar-refractivity contribution in [2.24, 2.45) is 0 Å². The van der Waals surface area contributed by atoms with Gasteiger partial charge in [-0.1, -0.05) is 0 Å². The van der Waals surface area contributed by atoms with E-state index in [1.807, 2.05) is 0 Å². The molecule has 3 nitrogen and oxygen atoms in total. The molecule has 1 aromatic heterocycles. The molecule has 0 spiro atoms. The Labute approximate surface area is 68.9 Å². The van der Waals surface area contributed by atoms with Gasteiger partial charge in [-0.05, 0) is 28.1 Å². The van der Waals surface area contributed by atoms with E-state index < -0.39 is 11.1 Å². The zero-order valence-electron chi connectivity index (χ0n) is 4.82. The maximum Gasteiger partial charge on any atom is 0.205 e. The van der Waals surface area contributed by atoms with Crippen molar-refractivity contribution in [2.75, 3.05) is 0 Å². The minimum Gasteiger partial charge on any atom is -0.301 e. The zero-order chi connectivity index (χ0) is 7.56. The number of nitrogens with zero attached hydrogens (tertiary/aromatic N) is 1.